The first-order chi connectivity index (χ1) is 11.5. The van der Waals surface area contributed by atoms with E-state index in [-0.39, 0.29) is 5.97 Å². The third-order valence-electron chi connectivity index (χ3n) is 3.49. The van der Waals surface area contributed by atoms with Crippen molar-refractivity contribution in [2.24, 2.45) is 0 Å². The standard InChI is InChI=1S/C19H22N2O2S/c1-4-23-18(22)15-7-11-17(12-8-15)21-19(24)20-16-9-5-14(6-10-16)13(2)3/h5-13H,4H2,1-3H3,(H2,20,21,24). The Hall–Kier alpha value is -2.40. The molecule has 0 aliphatic carbocycles. The monoisotopic (exact) mass is 342 g/mol. The highest BCUT2D eigenvalue weighted by atomic mass is 32.1. The average molecular weight is 342 g/mol. The Kier molecular flexibility index (Phi) is 6.32. The summed E-state index contributed by atoms with van der Waals surface area (Å²) in [4.78, 5) is 11.6. The van der Waals surface area contributed by atoms with Gasteiger partial charge in [-0.15, -0.1) is 0 Å². The summed E-state index contributed by atoms with van der Waals surface area (Å²) in [5.41, 5.74) is 3.54. The predicted octanol–water partition coefficient (Wildman–Crippen LogP) is 4.80. The molecule has 5 heteroatoms. The van der Waals surface area contributed by atoms with Crippen molar-refractivity contribution in [3.8, 4) is 0 Å². The molecule has 0 spiro atoms. The smallest absolute Gasteiger partial charge is 0.338 e. The molecule has 2 rings (SSSR count). The molecule has 0 atom stereocenters. The normalized spacial score (nSPS) is 10.3. The Morgan fingerprint density at radius 1 is 1.00 bits per heavy atom. The quantitative estimate of drug-likeness (QED) is 0.604. The molecule has 24 heavy (non-hydrogen) atoms. The van der Waals surface area contributed by atoms with Gasteiger partial charge in [0.1, 0.15) is 0 Å². The Morgan fingerprint density at radius 2 is 1.50 bits per heavy atom. The number of hydrogen-bond donors (Lipinski definition) is 2. The van der Waals surface area contributed by atoms with Gasteiger partial charge in [-0.25, -0.2) is 4.79 Å². The van der Waals surface area contributed by atoms with E-state index in [2.05, 4.69) is 36.6 Å². The van der Waals surface area contributed by atoms with E-state index < -0.39 is 0 Å². The van der Waals surface area contributed by atoms with Crippen molar-refractivity contribution in [3.05, 3.63) is 59.7 Å². The van der Waals surface area contributed by atoms with Crippen LogP contribution in [-0.2, 0) is 4.74 Å². The lowest BCUT2D eigenvalue weighted by Crippen LogP contribution is -2.19. The van der Waals surface area contributed by atoms with Gasteiger partial charge in [0.05, 0.1) is 12.2 Å². The predicted molar refractivity (Wildman–Crippen MR) is 103 cm³/mol. The van der Waals surface area contributed by atoms with Crippen LogP contribution in [0, 0.1) is 0 Å². The van der Waals surface area contributed by atoms with Gasteiger partial charge in [-0.2, -0.15) is 0 Å². The third-order valence-corrected chi connectivity index (χ3v) is 3.69. The molecular weight excluding hydrogens is 320 g/mol. The number of hydrogen-bond acceptors (Lipinski definition) is 3. The molecule has 0 aliphatic rings. The van der Waals surface area contributed by atoms with E-state index >= 15 is 0 Å². The zero-order valence-electron chi connectivity index (χ0n) is 14.1. The van der Waals surface area contributed by atoms with Crippen molar-refractivity contribution in [2.45, 2.75) is 26.7 Å². The molecule has 4 nitrogen and oxygen atoms in total. The van der Waals surface area contributed by atoms with Gasteiger partial charge in [-0.05, 0) is 67.0 Å². The lowest BCUT2D eigenvalue weighted by atomic mass is 10.0. The molecule has 126 valence electrons. The lowest BCUT2D eigenvalue weighted by molar-refractivity contribution is 0.0526. The van der Waals surface area contributed by atoms with Crippen molar-refractivity contribution in [3.63, 3.8) is 0 Å². The number of esters is 1. The molecule has 0 unspecified atom stereocenters. The van der Waals surface area contributed by atoms with E-state index in [4.69, 9.17) is 17.0 Å². The van der Waals surface area contributed by atoms with Crippen LogP contribution in [0.4, 0.5) is 11.4 Å². The topological polar surface area (TPSA) is 50.4 Å². The molecule has 2 aromatic rings. The van der Waals surface area contributed by atoms with Crippen LogP contribution in [0.3, 0.4) is 0 Å². The zero-order chi connectivity index (χ0) is 17.5. The van der Waals surface area contributed by atoms with Crippen LogP contribution in [0.1, 0.15) is 42.6 Å². The fraction of sp³-hybridized carbons (Fsp3) is 0.263. The largest absolute Gasteiger partial charge is 0.462 e. The van der Waals surface area contributed by atoms with Crippen molar-refractivity contribution in [2.75, 3.05) is 17.2 Å². The first-order valence-electron chi connectivity index (χ1n) is 7.94. The Morgan fingerprint density at radius 3 is 1.96 bits per heavy atom. The second-order valence-electron chi connectivity index (χ2n) is 5.65. The molecule has 0 bridgehead atoms. The lowest BCUT2D eigenvalue weighted by Gasteiger charge is -2.12. The van der Waals surface area contributed by atoms with E-state index in [0.717, 1.165) is 11.4 Å². The van der Waals surface area contributed by atoms with Crippen LogP contribution >= 0.6 is 12.2 Å². The minimum atomic E-state index is -0.324. The maximum atomic E-state index is 11.6. The molecular formula is C19H22N2O2S. The van der Waals surface area contributed by atoms with E-state index in [1.54, 1.807) is 31.2 Å². The van der Waals surface area contributed by atoms with E-state index in [1.807, 2.05) is 12.1 Å². The third kappa shape index (κ3) is 5.06. The van der Waals surface area contributed by atoms with Crippen LogP contribution in [-0.4, -0.2) is 17.7 Å². The molecule has 0 radical (unpaired) electrons. The van der Waals surface area contributed by atoms with Crippen molar-refractivity contribution in [1.29, 1.82) is 0 Å². The van der Waals surface area contributed by atoms with Crippen molar-refractivity contribution < 1.29 is 9.53 Å². The maximum Gasteiger partial charge on any atom is 0.338 e. The van der Waals surface area contributed by atoms with Crippen LogP contribution in [0.25, 0.3) is 0 Å². The van der Waals surface area contributed by atoms with Gasteiger partial charge in [-0.3, -0.25) is 0 Å². The molecule has 0 saturated heterocycles. The molecule has 0 heterocycles. The first kappa shape index (κ1) is 17.9. The minimum absolute atomic E-state index is 0.324. The van der Waals surface area contributed by atoms with Crippen molar-refractivity contribution >= 4 is 34.7 Å². The number of carbonyl (C=O) groups excluding carboxylic acids is 1. The number of ether oxygens (including phenoxy) is 1. The molecule has 2 aromatic carbocycles. The van der Waals surface area contributed by atoms with Gasteiger partial charge in [0.15, 0.2) is 5.11 Å². The molecule has 0 aliphatic heterocycles. The van der Waals surface area contributed by atoms with Crippen molar-refractivity contribution in [1.82, 2.24) is 0 Å². The summed E-state index contributed by atoms with van der Waals surface area (Å²) in [7, 11) is 0. The van der Waals surface area contributed by atoms with Crippen LogP contribution < -0.4 is 10.6 Å². The van der Waals surface area contributed by atoms with E-state index in [1.165, 1.54) is 5.56 Å². The molecule has 0 fully saturated rings. The number of thiocarbonyl (C=S) groups is 1. The Balaban J connectivity index is 1.93. The van der Waals surface area contributed by atoms with Gasteiger partial charge in [-0.1, -0.05) is 26.0 Å². The highest BCUT2D eigenvalue weighted by Gasteiger charge is 2.06. The highest BCUT2D eigenvalue weighted by Crippen LogP contribution is 2.17. The second kappa shape index (κ2) is 8.45. The molecule has 2 N–H and O–H groups in total. The first-order valence-corrected chi connectivity index (χ1v) is 8.35. The summed E-state index contributed by atoms with van der Waals surface area (Å²) in [6.07, 6.45) is 0. The SMILES string of the molecule is CCOC(=O)c1ccc(NC(=S)Nc2ccc(C(C)C)cc2)cc1. The number of nitrogens with one attached hydrogen (secondary N) is 2. The van der Waals surface area contributed by atoms with Crippen LogP contribution in [0.2, 0.25) is 0 Å². The van der Waals surface area contributed by atoms with Crippen LogP contribution in [0.15, 0.2) is 48.5 Å². The number of anilines is 2. The molecule has 0 saturated carbocycles. The summed E-state index contributed by atoms with van der Waals surface area (Å²) in [5, 5.41) is 6.73. The summed E-state index contributed by atoms with van der Waals surface area (Å²) < 4.78 is 4.96. The fourth-order valence-corrected chi connectivity index (χ4v) is 2.38. The number of rotatable bonds is 5. The highest BCUT2D eigenvalue weighted by molar-refractivity contribution is 7.80. The zero-order valence-corrected chi connectivity index (χ0v) is 14.9. The number of benzene rings is 2. The van der Waals surface area contributed by atoms with Gasteiger partial charge >= 0.3 is 5.97 Å². The summed E-state index contributed by atoms with van der Waals surface area (Å²) in [5.74, 6) is 0.178. The number of carbonyl (C=O) groups is 1. The summed E-state index contributed by atoms with van der Waals surface area (Å²) >= 11 is 5.31. The minimum Gasteiger partial charge on any atom is -0.462 e. The Bertz CT molecular complexity index is 694. The summed E-state index contributed by atoms with van der Waals surface area (Å²) in [6.45, 7) is 6.47. The van der Waals surface area contributed by atoms with E-state index in [9.17, 15) is 4.79 Å². The molecule has 0 aromatic heterocycles. The summed E-state index contributed by atoms with van der Waals surface area (Å²) in [6, 6.07) is 15.2. The fourth-order valence-electron chi connectivity index (χ4n) is 2.15. The van der Waals surface area contributed by atoms with Gasteiger partial charge < -0.3 is 15.4 Å². The van der Waals surface area contributed by atoms with Gasteiger partial charge in [0.25, 0.3) is 0 Å². The average Bonchev–Trinajstić information content (AvgIpc) is 2.56. The van der Waals surface area contributed by atoms with Gasteiger partial charge in [0, 0.05) is 11.4 Å². The van der Waals surface area contributed by atoms with E-state index in [0.29, 0.717) is 23.2 Å². The maximum absolute atomic E-state index is 11.6. The molecule has 0 amide bonds. The Labute approximate surface area is 148 Å². The van der Waals surface area contributed by atoms with Gasteiger partial charge in [0.2, 0.25) is 0 Å². The second-order valence-corrected chi connectivity index (χ2v) is 6.06. The van der Waals surface area contributed by atoms with Crippen LogP contribution in [0.5, 0.6) is 0 Å².